The van der Waals surface area contributed by atoms with Crippen molar-refractivity contribution >= 4 is 75.3 Å². The number of fused-ring (bicyclic) bond motifs is 10. The predicted octanol–water partition coefficient (Wildman–Crippen LogP) is 11.8. The first-order valence-corrected chi connectivity index (χ1v) is 16.0. The number of pyridine rings is 1. The highest BCUT2D eigenvalue weighted by Crippen LogP contribution is 2.44. The van der Waals surface area contributed by atoms with Crippen LogP contribution >= 0.6 is 11.3 Å². The Hall–Kier alpha value is -5.71. The van der Waals surface area contributed by atoms with E-state index in [0.29, 0.717) is 0 Å². The van der Waals surface area contributed by atoms with E-state index in [1.807, 2.05) is 29.5 Å². The number of benzene rings is 6. The van der Waals surface area contributed by atoms with Crippen LogP contribution in [0.1, 0.15) is 0 Å². The number of thiophene rings is 1. The van der Waals surface area contributed by atoms with Gasteiger partial charge in [-0.15, -0.1) is 11.3 Å². The highest BCUT2D eigenvalue weighted by molar-refractivity contribution is 7.26. The van der Waals surface area contributed by atoms with Gasteiger partial charge >= 0.3 is 0 Å². The minimum Gasteiger partial charge on any atom is -0.455 e. The molecule has 6 aromatic carbocycles. The number of hydrogen-bond acceptors (Lipinski definition) is 3. The zero-order valence-electron chi connectivity index (χ0n) is 24.1. The molecule has 4 heteroatoms. The van der Waals surface area contributed by atoms with E-state index in [1.165, 1.54) is 42.0 Å². The molecule has 10 rings (SSSR count). The van der Waals surface area contributed by atoms with E-state index in [1.54, 1.807) is 0 Å². The molecule has 10 aromatic rings. The van der Waals surface area contributed by atoms with Crippen LogP contribution < -0.4 is 0 Å². The van der Waals surface area contributed by atoms with Gasteiger partial charge in [0.25, 0.3) is 0 Å². The number of aromatic nitrogens is 2. The Morgan fingerprint density at radius 3 is 2.18 bits per heavy atom. The molecule has 0 saturated heterocycles. The van der Waals surface area contributed by atoms with Gasteiger partial charge in [-0.2, -0.15) is 0 Å². The second-order valence-corrected chi connectivity index (χ2v) is 12.6. The van der Waals surface area contributed by atoms with Gasteiger partial charge in [0, 0.05) is 52.8 Å². The van der Waals surface area contributed by atoms with Crippen LogP contribution in [-0.4, -0.2) is 9.55 Å². The summed E-state index contributed by atoms with van der Waals surface area (Å²) >= 11 is 1.88. The zero-order chi connectivity index (χ0) is 29.5. The molecule has 0 amide bonds. The molecule has 4 heterocycles. The van der Waals surface area contributed by atoms with Crippen molar-refractivity contribution in [2.24, 2.45) is 0 Å². The van der Waals surface area contributed by atoms with E-state index in [-0.39, 0.29) is 0 Å². The Labute approximate surface area is 262 Å². The molecule has 0 aliphatic heterocycles. The highest BCUT2D eigenvalue weighted by atomic mass is 32.1. The van der Waals surface area contributed by atoms with Crippen LogP contribution in [0.2, 0.25) is 0 Å². The molecule has 0 N–H and O–H groups in total. The second-order valence-electron chi connectivity index (χ2n) is 11.5. The van der Waals surface area contributed by atoms with E-state index < -0.39 is 0 Å². The van der Waals surface area contributed by atoms with Crippen LogP contribution in [0.15, 0.2) is 150 Å². The summed E-state index contributed by atoms with van der Waals surface area (Å²) in [7, 11) is 0. The summed E-state index contributed by atoms with van der Waals surface area (Å²) in [5.74, 6) is 0. The molecule has 0 atom stereocenters. The summed E-state index contributed by atoms with van der Waals surface area (Å²) in [5, 5.41) is 7.38. The molecule has 3 nitrogen and oxygen atoms in total. The number of rotatable bonds is 3. The first kappa shape index (κ1) is 24.7. The van der Waals surface area contributed by atoms with Gasteiger partial charge in [0.15, 0.2) is 0 Å². The lowest BCUT2D eigenvalue weighted by Crippen LogP contribution is -1.98. The van der Waals surface area contributed by atoms with Gasteiger partial charge in [-0.25, -0.2) is 4.98 Å². The Balaban J connectivity index is 1.31. The molecular weight excluding hydrogens is 569 g/mol. The summed E-state index contributed by atoms with van der Waals surface area (Å²) in [6.45, 7) is 0. The molecule has 0 spiro atoms. The molecular formula is C41H24N2OS. The van der Waals surface area contributed by atoms with Gasteiger partial charge in [-0.05, 0) is 42.5 Å². The van der Waals surface area contributed by atoms with Crippen LogP contribution in [0.3, 0.4) is 0 Å². The lowest BCUT2D eigenvalue weighted by molar-refractivity contribution is 0.670. The molecule has 0 unspecified atom stereocenters. The van der Waals surface area contributed by atoms with Crippen molar-refractivity contribution in [1.82, 2.24) is 9.55 Å². The predicted molar refractivity (Wildman–Crippen MR) is 190 cm³/mol. The van der Waals surface area contributed by atoms with E-state index in [2.05, 4.69) is 132 Å². The SMILES string of the molecule is c1ccc(-c2cc(-n3c4ccccc4c4c5sc6ccccc6c5ccc43)cc(-c3cccc4c3oc3ccccc34)n2)cc1. The number of furan rings is 1. The van der Waals surface area contributed by atoms with E-state index in [9.17, 15) is 0 Å². The molecule has 0 aliphatic carbocycles. The lowest BCUT2D eigenvalue weighted by Gasteiger charge is -2.13. The zero-order valence-corrected chi connectivity index (χ0v) is 24.9. The first-order valence-electron chi connectivity index (χ1n) is 15.1. The van der Waals surface area contributed by atoms with Gasteiger partial charge in [0.1, 0.15) is 11.2 Å². The molecule has 210 valence electrons. The van der Waals surface area contributed by atoms with Gasteiger partial charge in [-0.3, -0.25) is 0 Å². The van der Waals surface area contributed by atoms with Crippen molar-refractivity contribution < 1.29 is 4.42 Å². The van der Waals surface area contributed by atoms with E-state index >= 15 is 0 Å². The Bertz CT molecular complexity index is 2770. The maximum absolute atomic E-state index is 6.49. The largest absolute Gasteiger partial charge is 0.455 e. The maximum Gasteiger partial charge on any atom is 0.144 e. The molecule has 0 saturated carbocycles. The molecule has 0 fully saturated rings. The quantitative estimate of drug-likeness (QED) is 0.204. The molecule has 45 heavy (non-hydrogen) atoms. The normalized spacial score (nSPS) is 12.0. The minimum absolute atomic E-state index is 0.858. The topological polar surface area (TPSA) is 31.0 Å². The molecule has 0 radical (unpaired) electrons. The van der Waals surface area contributed by atoms with Crippen molar-refractivity contribution in [3.8, 4) is 28.2 Å². The third-order valence-electron chi connectivity index (χ3n) is 9.00. The van der Waals surface area contributed by atoms with Gasteiger partial charge in [0.05, 0.1) is 28.1 Å². The monoisotopic (exact) mass is 592 g/mol. The third kappa shape index (κ3) is 3.60. The van der Waals surface area contributed by atoms with Gasteiger partial charge < -0.3 is 8.98 Å². The lowest BCUT2D eigenvalue weighted by atomic mass is 10.0. The fourth-order valence-corrected chi connectivity index (χ4v) is 8.26. The second kappa shape index (κ2) is 9.39. The highest BCUT2D eigenvalue weighted by Gasteiger charge is 2.20. The van der Waals surface area contributed by atoms with Crippen molar-refractivity contribution in [2.75, 3.05) is 0 Å². The summed E-state index contributed by atoms with van der Waals surface area (Å²) in [6, 6.07) is 51.6. The summed E-state index contributed by atoms with van der Waals surface area (Å²) < 4.78 is 11.5. The number of nitrogens with zero attached hydrogens (tertiary/aromatic N) is 2. The Kier molecular flexibility index (Phi) is 5.16. The van der Waals surface area contributed by atoms with Crippen molar-refractivity contribution in [3.63, 3.8) is 0 Å². The average molecular weight is 593 g/mol. The summed E-state index contributed by atoms with van der Waals surface area (Å²) in [4.78, 5) is 5.27. The van der Waals surface area contributed by atoms with Crippen LogP contribution in [0, 0.1) is 0 Å². The maximum atomic E-state index is 6.49. The Morgan fingerprint density at radius 2 is 1.27 bits per heavy atom. The average Bonchev–Trinajstić information content (AvgIpc) is 3.78. The van der Waals surface area contributed by atoms with Gasteiger partial charge in [0.2, 0.25) is 0 Å². The van der Waals surface area contributed by atoms with Crippen LogP contribution in [0.5, 0.6) is 0 Å². The standard InChI is InChI=1S/C41H24N2OS/c1-2-11-25(12-3-1)33-23-26(24-34(42-33)31-17-10-16-29-27-13-5-8-19-37(27)44-40(29)31)43-35-18-7-4-15-32(35)39-36(43)22-21-30-28-14-6-9-20-38(28)45-41(30)39/h1-24H. The fourth-order valence-electron chi connectivity index (χ4n) is 7.00. The first-order chi connectivity index (χ1) is 22.3. The van der Waals surface area contributed by atoms with Crippen LogP contribution in [0.4, 0.5) is 0 Å². The molecule has 4 aromatic heterocycles. The van der Waals surface area contributed by atoms with Crippen molar-refractivity contribution in [1.29, 1.82) is 0 Å². The Morgan fingerprint density at radius 1 is 0.533 bits per heavy atom. The van der Waals surface area contributed by atoms with E-state index in [4.69, 9.17) is 9.40 Å². The van der Waals surface area contributed by atoms with Crippen LogP contribution in [0.25, 0.3) is 92.1 Å². The number of para-hydroxylation sites is 3. The summed E-state index contributed by atoms with van der Waals surface area (Å²) in [5.41, 5.74) is 9.03. The third-order valence-corrected chi connectivity index (χ3v) is 10.2. The minimum atomic E-state index is 0.858. The number of hydrogen-bond donors (Lipinski definition) is 0. The smallest absolute Gasteiger partial charge is 0.144 e. The van der Waals surface area contributed by atoms with E-state index in [0.717, 1.165) is 50.1 Å². The fraction of sp³-hybridized carbons (Fsp3) is 0. The van der Waals surface area contributed by atoms with Crippen LogP contribution in [-0.2, 0) is 0 Å². The molecule has 0 aliphatic rings. The van der Waals surface area contributed by atoms with Crippen molar-refractivity contribution in [3.05, 3.63) is 146 Å². The molecule has 0 bridgehead atoms. The van der Waals surface area contributed by atoms with Gasteiger partial charge in [-0.1, -0.05) is 103 Å². The van der Waals surface area contributed by atoms with Crippen molar-refractivity contribution in [2.45, 2.75) is 0 Å². The summed E-state index contributed by atoms with van der Waals surface area (Å²) in [6.07, 6.45) is 0.